The van der Waals surface area contributed by atoms with Gasteiger partial charge >= 0.3 is 0 Å². The highest BCUT2D eigenvalue weighted by atomic mass is 16.5. The molecule has 1 unspecified atom stereocenters. The highest BCUT2D eigenvalue weighted by Gasteiger charge is 2.24. The van der Waals surface area contributed by atoms with Gasteiger partial charge in [0.25, 0.3) is 0 Å². The van der Waals surface area contributed by atoms with E-state index in [9.17, 15) is 0 Å². The van der Waals surface area contributed by atoms with E-state index in [2.05, 4.69) is 44.1 Å². The van der Waals surface area contributed by atoms with Crippen LogP contribution in [0.15, 0.2) is 6.07 Å². The van der Waals surface area contributed by atoms with Crippen molar-refractivity contribution in [3.63, 3.8) is 0 Å². The highest BCUT2D eigenvalue weighted by Crippen LogP contribution is 2.27. The standard InChI is InChI=1S/C14H23N3O/c1-5-15-12-8-11(14(2,3)4)16-13(17-12)10-6-7-18-9-10/h8,10H,5-7,9H2,1-4H3,(H,15,16,17). The van der Waals surface area contributed by atoms with E-state index in [1.807, 2.05) is 0 Å². The van der Waals surface area contributed by atoms with Gasteiger partial charge in [0.15, 0.2) is 0 Å². The smallest absolute Gasteiger partial charge is 0.136 e. The van der Waals surface area contributed by atoms with Crippen molar-refractivity contribution in [3.8, 4) is 0 Å². The van der Waals surface area contributed by atoms with Crippen LogP contribution in [0.3, 0.4) is 0 Å². The summed E-state index contributed by atoms with van der Waals surface area (Å²) in [7, 11) is 0. The van der Waals surface area contributed by atoms with Crippen LogP contribution in [0, 0.1) is 0 Å². The first-order valence-electron chi connectivity index (χ1n) is 6.71. The minimum absolute atomic E-state index is 0.0430. The first-order valence-corrected chi connectivity index (χ1v) is 6.71. The molecule has 2 rings (SSSR count). The van der Waals surface area contributed by atoms with Crippen molar-refractivity contribution in [1.82, 2.24) is 9.97 Å². The average molecular weight is 249 g/mol. The van der Waals surface area contributed by atoms with E-state index in [1.165, 1.54) is 0 Å². The molecule has 0 spiro atoms. The van der Waals surface area contributed by atoms with Crippen LogP contribution in [-0.4, -0.2) is 29.7 Å². The maximum Gasteiger partial charge on any atom is 0.136 e. The first kappa shape index (κ1) is 13.3. The molecule has 1 aliphatic heterocycles. The van der Waals surface area contributed by atoms with Crippen LogP contribution in [0.25, 0.3) is 0 Å². The molecule has 2 heterocycles. The van der Waals surface area contributed by atoms with Crippen LogP contribution < -0.4 is 5.32 Å². The van der Waals surface area contributed by atoms with Crippen molar-refractivity contribution < 1.29 is 4.74 Å². The largest absolute Gasteiger partial charge is 0.381 e. The van der Waals surface area contributed by atoms with Crippen molar-refractivity contribution in [1.29, 1.82) is 0 Å². The van der Waals surface area contributed by atoms with Gasteiger partial charge in [-0.3, -0.25) is 0 Å². The van der Waals surface area contributed by atoms with Crippen molar-refractivity contribution >= 4 is 5.82 Å². The lowest BCUT2D eigenvalue weighted by atomic mass is 9.91. The number of nitrogens with zero attached hydrogens (tertiary/aromatic N) is 2. The molecule has 0 aliphatic carbocycles. The highest BCUT2D eigenvalue weighted by molar-refractivity contribution is 5.38. The number of ether oxygens (including phenoxy) is 1. The van der Waals surface area contributed by atoms with E-state index in [0.717, 1.165) is 43.5 Å². The zero-order valence-electron chi connectivity index (χ0n) is 11.8. The summed E-state index contributed by atoms with van der Waals surface area (Å²) in [6.07, 6.45) is 1.03. The Balaban J connectivity index is 2.35. The number of hydrogen-bond acceptors (Lipinski definition) is 4. The Labute approximate surface area is 109 Å². The molecule has 0 bridgehead atoms. The number of anilines is 1. The summed E-state index contributed by atoms with van der Waals surface area (Å²) in [5.74, 6) is 2.21. The maximum absolute atomic E-state index is 5.44. The lowest BCUT2D eigenvalue weighted by molar-refractivity contribution is 0.193. The lowest BCUT2D eigenvalue weighted by Gasteiger charge is -2.20. The molecule has 1 aliphatic rings. The zero-order valence-corrected chi connectivity index (χ0v) is 11.8. The van der Waals surface area contributed by atoms with Gasteiger partial charge in [-0.05, 0) is 13.3 Å². The molecule has 0 amide bonds. The molecule has 1 atom stereocenters. The van der Waals surface area contributed by atoms with Crippen LogP contribution in [0.5, 0.6) is 0 Å². The normalized spacial score (nSPS) is 20.1. The Morgan fingerprint density at radius 3 is 2.72 bits per heavy atom. The molecule has 1 saturated heterocycles. The Kier molecular flexibility index (Phi) is 3.85. The van der Waals surface area contributed by atoms with E-state index in [0.29, 0.717) is 5.92 Å². The molecule has 18 heavy (non-hydrogen) atoms. The summed E-state index contributed by atoms with van der Waals surface area (Å²) in [6.45, 7) is 11.1. The van der Waals surface area contributed by atoms with Gasteiger partial charge in [0.05, 0.1) is 12.3 Å². The average Bonchev–Trinajstić information content (AvgIpc) is 2.81. The minimum Gasteiger partial charge on any atom is -0.381 e. The molecule has 4 heteroatoms. The summed E-state index contributed by atoms with van der Waals surface area (Å²) < 4.78 is 5.44. The fourth-order valence-corrected chi connectivity index (χ4v) is 2.04. The topological polar surface area (TPSA) is 47.0 Å². The maximum atomic E-state index is 5.44. The molecule has 1 aromatic rings. The second-order valence-electron chi connectivity index (χ2n) is 5.84. The number of aromatic nitrogens is 2. The molecule has 4 nitrogen and oxygen atoms in total. The van der Waals surface area contributed by atoms with Gasteiger partial charge in [0.1, 0.15) is 11.6 Å². The quantitative estimate of drug-likeness (QED) is 0.894. The minimum atomic E-state index is 0.0430. The monoisotopic (exact) mass is 249 g/mol. The van der Waals surface area contributed by atoms with Crippen molar-refractivity contribution in [2.24, 2.45) is 0 Å². The zero-order chi connectivity index (χ0) is 13.2. The molecule has 1 N–H and O–H groups in total. The third-order valence-electron chi connectivity index (χ3n) is 3.16. The van der Waals surface area contributed by atoms with E-state index in [1.54, 1.807) is 0 Å². The summed E-state index contributed by atoms with van der Waals surface area (Å²) in [5, 5.41) is 3.29. The summed E-state index contributed by atoms with van der Waals surface area (Å²) >= 11 is 0. The number of rotatable bonds is 3. The molecule has 0 radical (unpaired) electrons. The first-order chi connectivity index (χ1) is 8.50. The third kappa shape index (κ3) is 2.99. The summed E-state index contributed by atoms with van der Waals surface area (Å²) in [5.41, 5.74) is 1.14. The van der Waals surface area contributed by atoms with Gasteiger partial charge in [-0.1, -0.05) is 20.8 Å². The Bertz CT molecular complexity index is 406. The predicted molar refractivity (Wildman–Crippen MR) is 73.1 cm³/mol. The van der Waals surface area contributed by atoms with E-state index >= 15 is 0 Å². The number of hydrogen-bond donors (Lipinski definition) is 1. The van der Waals surface area contributed by atoms with Crippen LogP contribution in [0.2, 0.25) is 0 Å². The molecule has 100 valence electrons. The Morgan fingerprint density at radius 2 is 2.17 bits per heavy atom. The number of nitrogens with one attached hydrogen (secondary N) is 1. The van der Waals surface area contributed by atoms with Crippen LogP contribution >= 0.6 is 0 Å². The second-order valence-corrected chi connectivity index (χ2v) is 5.84. The lowest BCUT2D eigenvalue weighted by Crippen LogP contribution is -2.18. The van der Waals surface area contributed by atoms with Gasteiger partial charge in [-0.15, -0.1) is 0 Å². The SMILES string of the molecule is CCNc1cc(C(C)(C)C)nc(C2CCOC2)n1. The van der Waals surface area contributed by atoms with Crippen molar-refractivity contribution in [2.45, 2.75) is 45.4 Å². The van der Waals surface area contributed by atoms with Gasteiger partial charge in [0, 0.05) is 30.6 Å². The molecular weight excluding hydrogens is 226 g/mol. The van der Waals surface area contributed by atoms with Crippen molar-refractivity contribution in [2.75, 3.05) is 25.1 Å². The van der Waals surface area contributed by atoms with Crippen LogP contribution in [0.1, 0.15) is 51.6 Å². The fraction of sp³-hybridized carbons (Fsp3) is 0.714. The summed E-state index contributed by atoms with van der Waals surface area (Å²) in [6, 6.07) is 2.06. The molecule has 0 saturated carbocycles. The van der Waals surface area contributed by atoms with E-state index in [-0.39, 0.29) is 5.41 Å². The van der Waals surface area contributed by atoms with Gasteiger partial charge < -0.3 is 10.1 Å². The molecular formula is C14H23N3O. The fourth-order valence-electron chi connectivity index (χ4n) is 2.04. The Morgan fingerprint density at radius 1 is 1.39 bits per heavy atom. The van der Waals surface area contributed by atoms with Gasteiger partial charge in [-0.25, -0.2) is 9.97 Å². The third-order valence-corrected chi connectivity index (χ3v) is 3.16. The Hall–Kier alpha value is -1.16. The molecule has 1 fully saturated rings. The van der Waals surface area contributed by atoms with Crippen LogP contribution in [0.4, 0.5) is 5.82 Å². The van der Waals surface area contributed by atoms with Gasteiger partial charge in [0.2, 0.25) is 0 Å². The second kappa shape index (κ2) is 5.22. The molecule has 0 aromatic carbocycles. The molecule has 1 aromatic heterocycles. The predicted octanol–water partition coefficient (Wildman–Crippen LogP) is 2.71. The summed E-state index contributed by atoms with van der Waals surface area (Å²) in [4.78, 5) is 9.35. The van der Waals surface area contributed by atoms with Crippen LogP contribution in [-0.2, 0) is 10.2 Å². The van der Waals surface area contributed by atoms with Gasteiger partial charge in [-0.2, -0.15) is 0 Å². The van der Waals surface area contributed by atoms with E-state index in [4.69, 9.17) is 9.72 Å². The van der Waals surface area contributed by atoms with E-state index < -0.39 is 0 Å². The van der Waals surface area contributed by atoms with Crippen molar-refractivity contribution in [3.05, 3.63) is 17.6 Å².